The summed E-state index contributed by atoms with van der Waals surface area (Å²) in [6.45, 7) is 2.36. The molecule has 0 radical (unpaired) electrons. The molecule has 0 saturated heterocycles. The van der Waals surface area contributed by atoms with Gasteiger partial charge in [-0.3, -0.25) is 0 Å². The molecule has 0 spiro atoms. The van der Waals surface area contributed by atoms with Gasteiger partial charge in [0.15, 0.2) is 5.82 Å². The number of hydrogen-bond acceptors (Lipinski definition) is 2. The lowest BCUT2D eigenvalue weighted by Crippen LogP contribution is -2.61. The van der Waals surface area contributed by atoms with Crippen molar-refractivity contribution in [3.63, 3.8) is 0 Å². The van der Waals surface area contributed by atoms with Crippen LogP contribution in [0.15, 0.2) is 97.1 Å². The van der Waals surface area contributed by atoms with Gasteiger partial charge in [-0.2, -0.15) is 0 Å². The molecule has 160 valence electrons. The van der Waals surface area contributed by atoms with Crippen LogP contribution in [0.2, 0.25) is 0 Å². The van der Waals surface area contributed by atoms with Crippen LogP contribution in [0.4, 0.5) is 0 Å². The van der Waals surface area contributed by atoms with Gasteiger partial charge in [0.25, 0.3) is 0 Å². The van der Waals surface area contributed by atoms with Crippen molar-refractivity contribution in [3.05, 3.63) is 125 Å². The summed E-state index contributed by atoms with van der Waals surface area (Å²) < 4.78 is 0. The van der Waals surface area contributed by atoms with Crippen molar-refractivity contribution in [2.45, 2.75) is 19.8 Å². The predicted octanol–water partition coefficient (Wildman–Crippen LogP) is 4.44. The van der Waals surface area contributed by atoms with E-state index >= 15 is 0 Å². The molecule has 2 aliphatic heterocycles. The molecule has 5 aromatic rings. The van der Waals surface area contributed by atoms with Crippen molar-refractivity contribution in [1.82, 2.24) is 9.97 Å². The number of rotatable bonds is 2. The normalized spacial score (nSPS) is 13.1. The summed E-state index contributed by atoms with van der Waals surface area (Å²) >= 11 is 0. The lowest BCUT2D eigenvalue weighted by Gasteiger charge is -2.32. The third kappa shape index (κ3) is 3.04. The Hall–Kier alpha value is -3.98. The minimum Gasteiger partial charge on any atom is -0.233 e. The highest BCUT2D eigenvalue weighted by Gasteiger charge is 2.38. The van der Waals surface area contributed by atoms with Crippen LogP contribution in [0, 0.1) is 6.92 Å². The third-order valence-electron chi connectivity index (χ3n) is 7.31. The first-order chi connectivity index (χ1) is 16.7. The van der Waals surface area contributed by atoms with Crippen LogP contribution in [0.1, 0.15) is 28.1 Å². The van der Waals surface area contributed by atoms with E-state index in [2.05, 4.69) is 104 Å². The Bertz CT molecular complexity index is 1520. The number of benzene rings is 4. The summed E-state index contributed by atoms with van der Waals surface area (Å²) in [4.78, 5) is 10.4. The number of aryl methyl sites for hydroxylation is 1. The molecule has 1 aromatic heterocycles. The molecular weight excluding hydrogens is 411 g/mol. The van der Waals surface area contributed by atoms with Crippen LogP contribution in [0.25, 0.3) is 22.5 Å². The van der Waals surface area contributed by atoms with Gasteiger partial charge in [0.1, 0.15) is 0 Å². The summed E-state index contributed by atoms with van der Waals surface area (Å²) in [5.41, 5.74) is 14.0. The topological polar surface area (TPSA) is 25.8 Å². The Balaban J connectivity index is 1.41. The molecule has 0 saturated carbocycles. The van der Waals surface area contributed by atoms with Gasteiger partial charge < -0.3 is 0 Å². The van der Waals surface area contributed by atoms with Crippen LogP contribution in [-0.2, 0) is 12.8 Å². The Morgan fingerprint density at radius 3 is 1.79 bits per heavy atom. The van der Waals surface area contributed by atoms with Crippen LogP contribution < -0.4 is 16.4 Å². The Morgan fingerprint density at radius 2 is 1.15 bits per heavy atom. The fourth-order valence-corrected chi connectivity index (χ4v) is 5.75. The monoisotopic (exact) mass is 434 g/mol. The van der Waals surface area contributed by atoms with Crippen molar-refractivity contribution in [2.75, 3.05) is 0 Å². The standard InChI is InChI=1S/C31H23BN2/c1-20-8-6-11-21(16-20)22-12-7-13-25(17-22)31-33-28-18-23-9-2-4-14-26(23)32-27-15-5-3-10-24(27)19-29(34-31)30(28)32/h2-17H,18-19H2,1H3. The summed E-state index contributed by atoms with van der Waals surface area (Å²) in [7, 11) is 0. The molecule has 0 unspecified atom stereocenters. The first kappa shape index (κ1) is 19.5. The second-order valence-corrected chi connectivity index (χ2v) is 9.49. The molecule has 0 N–H and O–H groups in total. The SMILES string of the molecule is Cc1cccc(-c2cccc(-c3nc4c5c(n3)Cc3ccccc3B5c3ccccc3C4)c2)c1. The summed E-state index contributed by atoms with van der Waals surface area (Å²) in [5, 5.41) is 0. The van der Waals surface area contributed by atoms with Gasteiger partial charge in [0, 0.05) is 29.8 Å². The summed E-state index contributed by atoms with van der Waals surface area (Å²) in [6, 6.07) is 35.0. The van der Waals surface area contributed by atoms with E-state index in [0.29, 0.717) is 0 Å². The molecule has 0 atom stereocenters. The fraction of sp³-hybridized carbons (Fsp3) is 0.0968. The van der Waals surface area contributed by atoms with Crippen LogP contribution in [0.3, 0.4) is 0 Å². The first-order valence-electron chi connectivity index (χ1n) is 12.0. The van der Waals surface area contributed by atoms with Crippen LogP contribution in [-0.4, -0.2) is 16.7 Å². The van der Waals surface area contributed by atoms with E-state index in [9.17, 15) is 0 Å². The number of fused-ring (bicyclic) bond motifs is 4. The molecule has 34 heavy (non-hydrogen) atoms. The van der Waals surface area contributed by atoms with Crippen molar-refractivity contribution < 1.29 is 0 Å². The lowest BCUT2D eigenvalue weighted by atomic mass is 9.31. The maximum atomic E-state index is 5.19. The third-order valence-corrected chi connectivity index (χ3v) is 7.31. The Labute approximate surface area is 200 Å². The average Bonchev–Trinajstić information content (AvgIpc) is 2.88. The second kappa shape index (κ2) is 7.53. The van der Waals surface area contributed by atoms with E-state index in [4.69, 9.17) is 9.97 Å². The van der Waals surface area contributed by atoms with E-state index < -0.39 is 0 Å². The molecule has 0 fully saturated rings. The molecule has 0 bridgehead atoms. The van der Waals surface area contributed by atoms with Gasteiger partial charge >= 0.3 is 0 Å². The fourth-order valence-electron chi connectivity index (χ4n) is 5.75. The minimum absolute atomic E-state index is 0.229. The van der Waals surface area contributed by atoms with Crippen molar-refractivity contribution in [2.24, 2.45) is 0 Å². The summed E-state index contributed by atoms with van der Waals surface area (Å²) in [5.74, 6) is 0.834. The maximum Gasteiger partial charge on any atom is 0.246 e. The molecule has 7 rings (SSSR count). The highest BCUT2D eigenvalue weighted by Crippen LogP contribution is 2.27. The van der Waals surface area contributed by atoms with Crippen molar-refractivity contribution >= 4 is 23.1 Å². The Morgan fingerprint density at radius 1 is 0.588 bits per heavy atom. The maximum absolute atomic E-state index is 5.19. The zero-order chi connectivity index (χ0) is 22.6. The highest BCUT2D eigenvalue weighted by molar-refractivity contribution is 6.97. The van der Waals surface area contributed by atoms with Gasteiger partial charge in [-0.25, -0.2) is 9.97 Å². The van der Waals surface area contributed by atoms with Gasteiger partial charge in [0.05, 0.1) is 0 Å². The predicted molar refractivity (Wildman–Crippen MR) is 141 cm³/mol. The molecule has 3 heteroatoms. The van der Waals surface area contributed by atoms with E-state index in [0.717, 1.165) is 24.2 Å². The molecule has 2 nitrogen and oxygen atoms in total. The second-order valence-electron chi connectivity index (χ2n) is 9.49. The lowest BCUT2D eigenvalue weighted by molar-refractivity contribution is 0.985. The van der Waals surface area contributed by atoms with Crippen molar-refractivity contribution in [1.29, 1.82) is 0 Å². The summed E-state index contributed by atoms with van der Waals surface area (Å²) in [6.07, 6.45) is 1.73. The molecule has 3 heterocycles. The van der Waals surface area contributed by atoms with Crippen molar-refractivity contribution in [3.8, 4) is 22.5 Å². The van der Waals surface area contributed by atoms with Gasteiger partial charge in [-0.05, 0) is 40.7 Å². The quantitative estimate of drug-likeness (QED) is 0.376. The molecule has 0 amide bonds. The highest BCUT2D eigenvalue weighted by atomic mass is 14.9. The largest absolute Gasteiger partial charge is 0.246 e. The molecule has 4 aromatic carbocycles. The van der Waals surface area contributed by atoms with E-state index in [1.807, 2.05) is 0 Å². The minimum atomic E-state index is 0.229. The van der Waals surface area contributed by atoms with Crippen LogP contribution >= 0.6 is 0 Å². The van der Waals surface area contributed by atoms with Gasteiger partial charge in [0.2, 0.25) is 6.71 Å². The molecular formula is C31H23BN2. The average molecular weight is 434 g/mol. The first-order valence-corrected chi connectivity index (χ1v) is 12.0. The van der Waals surface area contributed by atoms with E-state index in [1.54, 1.807) is 0 Å². The smallest absolute Gasteiger partial charge is 0.233 e. The number of aromatic nitrogens is 2. The number of nitrogens with zero attached hydrogens (tertiary/aromatic N) is 2. The van der Waals surface area contributed by atoms with Crippen LogP contribution in [0.5, 0.6) is 0 Å². The zero-order valence-electron chi connectivity index (χ0n) is 19.1. The van der Waals surface area contributed by atoms with Gasteiger partial charge in [-0.1, -0.05) is 107 Å². The molecule has 0 aliphatic carbocycles. The van der Waals surface area contributed by atoms with E-state index in [-0.39, 0.29) is 6.71 Å². The van der Waals surface area contributed by atoms with Gasteiger partial charge in [-0.15, -0.1) is 0 Å². The zero-order valence-corrected chi connectivity index (χ0v) is 19.1. The number of hydrogen-bond donors (Lipinski definition) is 0. The Kier molecular flexibility index (Phi) is 4.32. The molecule has 2 aliphatic rings. The van der Waals surface area contributed by atoms with E-state index in [1.165, 1.54) is 55.6 Å².